The number of rotatable bonds is 8. The lowest BCUT2D eigenvalue weighted by molar-refractivity contribution is -0.384. The van der Waals surface area contributed by atoms with Crippen molar-refractivity contribution in [3.63, 3.8) is 0 Å². The van der Waals surface area contributed by atoms with Gasteiger partial charge in [-0.2, -0.15) is 5.10 Å². The molecule has 0 bridgehead atoms. The number of ether oxygens (including phenoxy) is 2. The third kappa shape index (κ3) is 5.89. The molecule has 0 aliphatic rings. The first-order valence-electron chi connectivity index (χ1n) is 10.9. The van der Waals surface area contributed by atoms with Crippen molar-refractivity contribution in [2.45, 2.75) is 6.92 Å². The first kappa shape index (κ1) is 24.1. The maximum atomic E-state index is 12.7. The topological polar surface area (TPSA) is 120 Å². The molecule has 0 heterocycles. The number of carbonyl (C=O) groups excluding carboxylic acids is 2. The summed E-state index contributed by atoms with van der Waals surface area (Å²) in [6, 6.07) is 23.5. The van der Waals surface area contributed by atoms with Crippen molar-refractivity contribution in [1.82, 2.24) is 5.43 Å². The van der Waals surface area contributed by atoms with E-state index in [1.165, 1.54) is 30.5 Å². The van der Waals surface area contributed by atoms with E-state index in [9.17, 15) is 19.7 Å². The first-order valence-corrected chi connectivity index (χ1v) is 10.9. The Morgan fingerprint density at radius 3 is 2.53 bits per heavy atom. The molecule has 9 nitrogen and oxygen atoms in total. The molecular formula is C27H21N3O6. The molecule has 180 valence electrons. The van der Waals surface area contributed by atoms with Crippen LogP contribution in [0.5, 0.6) is 11.5 Å². The number of nitro benzene ring substituents is 1. The average Bonchev–Trinajstić information content (AvgIpc) is 2.88. The van der Waals surface area contributed by atoms with Gasteiger partial charge < -0.3 is 9.47 Å². The molecule has 4 aromatic carbocycles. The van der Waals surface area contributed by atoms with Crippen LogP contribution in [0.25, 0.3) is 10.8 Å². The molecule has 4 rings (SSSR count). The summed E-state index contributed by atoms with van der Waals surface area (Å²) in [6.45, 7) is 1.54. The smallest absolute Gasteiger partial charge is 0.343 e. The summed E-state index contributed by atoms with van der Waals surface area (Å²) in [6.07, 6.45) is 1.41. The molecule has 0 radical (unpaired) electrons. The number of esters is 1. The zero-order chi connectivity index (χ0) is 25.5. The summed E-state index contributed by atoms with van der Waals surface area (Å²) in [4.78, 5) is 35.1. The molecule has 0 aliphatic carbocycles. The van der Waals surface area contributed by atoms with E-state index in [-0.39, 0.29) is 12.3 Å². The van der Waals surface area contributed by atoms with Crippen molar-refractivity contribution < 1.29 is 24.0 Å². The maximum Gasteiger partial charge on any atom is 0.343 e. The number of carbonyl (C=O) groups is 2. The molecule has 0 saturated heterocycles. The minimum absolute atomic E-state index is 0.0783. The van der Waals surface area contributed by atoms with Crippen LogP contribution in [0, 0.1) is 17.0 Å². The molecule has 0 atom stereocenters. The normalized spacial score (nSPS) is 10.8. The highest BCUT2D eigenvalue weighted by Crippen LogP contribution is 2.27. The van der Waals surface area contributed by atoms with Gasteiger partial charge in [-0.05, 0) is 48.0 Å². The van der Waals surface area contributed by atoms with Gasteiger partial charge in [0.25, 0.3) is 11.6 Å². The predicted molar refractivity (Wildman–Crippen MR) is 134 cm³/mol. The molecule has 0 aliphatic heterocycles. The Hall–Kier alpha value is -5.05. The number of hydrogen-bond acceptors (Lipinski definition) is 7. The highest BCUT2D eigenvalue weighted by atomic mass is 16.6. The van der Waals surface area contributed by atoms with Crippen LogP contribution in [-0.2, 0) is 4.79 Å². The summed E-state index contributed by atoms with van der Waals surface area (Å²) >= 11 is 0. The van der Waals surface area contributed by atoms with Gasteiger partial charge in [0.15, 0.2) is 6.61 Å². The van der Waals surface area contributed by atoms with Crippen molar-refractivity contribution in [3.05, 3.63) is 112 Å². The lowest BCUT2D eigenvalue weighted by Gasteiger charge is -2.11. The number of benzene rings is 4. The third-order valence-corrected chi connectivity index (χ3v) is 5.19. The Labute approximate surface area is 206 Å². The number of nitrogens with one attached hydrogen (secondary N) is 1. The number of hydrogen-bond donors (Lipinski definition) is 1. The molecule has 4 aromatic rings. The average molecular weight is 483 g/mol. The van der Waals surface area contributed by atoms with Gasteiger partial charge in [0.2, 0.25) is 0 Å². The van der Waals surface area contributed by atoms with E-state index in [0.29, 0.717) is 22.6 Å². The van der Waals surface area contributed by atoms with Gasteiger partial charge in [0, 0.05) is 17.7 Å². The van der Waals surface area contributed by atoms with Gasteiger partial charge in [0.05, 0.1) is 16.7 Å². The molecule has 0 fully saturated rings. The molecule has 9 heteroatoms. The van der Waals surface area contributed by atoms with Gasteiger partial charge in [-0.25, -0.2) is 10.2 Å². The number of hydrazone groups is 1. The van der Waals surface area contributed by atoms with Crippen molar-refractivity contribution in [2.75, 3.05) is 6.61 Å². The van der Waals surface area contributed by atoms with E-state index in [4.69, 9.17) is 9.47 Å². The van der Waals surface area contributed by atoms with Crippen molar-refractivity contribution in [1.29, 1.82) is 0 Å². The Balaban J connectivity index is 1.47. The van der Waals surface area contributed by atoms with E-state index in [0.717, 1.165) is 16.3 Å². The molecule has 1 amide bonds. The van der Waals surface area contributed by atoms with Gasteiger partial charge in [-0.1, -0.05) is 48.0 Å². The summed E-state index contributed by atoms with van der Waals surface area (Å²) < 4.78 is 11.0. The van der Waals surface area contributed by atoms with Crippen LogP contribution in [0.3, 0.4) is 0 Å². The summed E-state index contributed by atoms with van der Waals surface area (Å²) in [5.74, 6) is -0.452. The summed E-state index contributed by atoms with van der Waals surface area (Å²) in [7, 11) is 0. The second kappa shape index (κ2) is 10.9. The number of nitrogens with zero attached hydrogens (tertiary/aromatic N) is 2. The zero-order valence-corrected chi connectivity index (χ0v) is 19.2. The van der Waals surface area contributed by atoms with Crippen LogP contribution in [-0.4, -0.2) is 29.6 Å². The van der Waals surface area contributed by atoms with E-state index in [1.807, 2.05) is 43.3 Å². The number of aryl methyl sites for hydroxylation is 1. The minimum Gasteiger partial charge on any atom is -0.484 e. The monoisotopic (exact) mass is 483 g/mol. The van der Waals surface area contributed by atoms with Gasteiger partial charge in [0.1, 0.15) is 11.5 Å². The van der Waals surface area contributed by atoms with E-state index < -0.39 is 16.8 Å². The van der Waals surface area contributed by atoms with Gasteiger partial charge in [-0.15, -0.1) is 0 Å². The van der Waals surface area contributed by atoms with Crippen LogP contribution in [0.1, 0.15) is 21.5 Å². The van der Waals surface area contributed by atoms with Crippen molar-refractivity contribution in [2.24, 2.45) is 5.10 Å². The Bertz CT molecular complexity index is 1460. The van der Waals surface area contributed by atoms with Crippen molar-refractivity contribution >= 4 is 34.6 Å². The number of non-ortho nitro benzene ring substituents is 1. The third-order valence-electron chi connectivity index (χ3n) is 5.19. The minimum atomic E-state index is -0.539. The standard InChI is InChI=1S/C27H21N3O6/c1-18-5-4-7-20(15-18)27(32)36-25-14-9-19-6-2-3-8-23(19)24(25)16-28-29-26(31)17-35-22-12-10-21(11-13-22)30(33)34/h2-16H,17H2,1H3,(H,29,31)/b28-16-. The number of fused-ring (bicyclic) bond motifs is 1. The Kier molecular flexibility index (Phi) is 7.30. The fraction of sp³-hybridized carbons (Fsp3) is 0.0741. The van der Waals surface area contributed by atoms with E-state index in [2.05, 4.69) is 10.5 Å². The number of nitro groups is 1. The van der Waals surface area contributed by atoms with Gasteiger partial charge in [-0.3, -0.25) is 14.9 Å². The quantitative estimate of drug-likeness (QED) is 0.126. The highest BCUT2D eigenvalue weighted by molar-refractivity contribution is 6.04. The Morgan fingerprint density at radius 1 is 1.00 bits per heavy atom. The summed E-state index contributed by atoms with van der Waals surface area (Å²) in [5, 5.41) is 16.4. The first-order chi connectivity index (χ1) is 17.4. The molecule has 0 spiro atoms. The SMILES string of the molecule is Cc1cccc(C(=O)Oc2ccc3ccccc3c2/C=N\NC(=O)COc2ccc([N+](=O)[O-])cc2)c1. The molecule has 0 saturated carbocycles. The largest absolute Gasteiger partial charge is 0.484 e. The lowest BCUT2D eigenvalue weighted by Crippen LogP contribution is -2.24. The molecule has 36 heavy (non-hydrogen) atoms. The lowest BCUT2D eigenvalue weighted by atomic mass is 10.0. The summed E-state index contributed by atoms with van der Waals surface area (Å²) in [5.41, 5.74) is 4.17. The fourth-order valence-corrected chi connectivity index (χ4v) is 3.44. The van der Waals surface area contributed by atoms with Gasteiger partial charge >= 0.3 is 5.97 Å². The van der Waals surface area contributed by atoms with Crippen LogP contribution in [0.15, 0.2) is 90.0 Å². The van der Waals surface area contributed by atoms with E-state index in [1.54, 1.807) is 24.3 Å². The Morgan fingerprint density at radius 2 is 1.78 bits per heavy atom. The zero-order valence-electron chi connectivity index (χ0n) is 19.2. The van der Waals surface area contributed by atoms with Crippen molar-refractivity contribution in [3.8, 4) is 11.5 Å². The second-order valence-electron chi connectivity index (χ2n) is 7.79. The van der Waals surface area contributed by atoms with Crippen LogP contribution in [0.2, 0.25) is 0 Å². The van der Waals surface area contributed by atoms with Crippen LogP contribution < -0.4 is 14.9 Å². The number of amides is 1. The highest BCUT2D eigenvalue weighted by Gasteiger charge is 2.14. The van der Waals surface area contributed by atoms with Crippen LogP contribution in [0.4, 0.5) is 5.69 Å². The molecule has 0 aromatic heterocycles. The predicted octanol–water partition coefficient (Wildman–Crippen LogP) is 4.80. The molecular weight excluding hydrogens is 462 g/mol. The molecule has 1 N–H and O–H groups in total. The fourth-order valence-electron chi connectivity index (χ4n) is 3.44. The maximum absolute atomic E-state index is 12.7. The molecule has 0 unspecified atom stereocenters. The second-order valence-corrected chi connectivity index (χ2v) is 7.79. The van der Waals surface area contributed by atoms with Crippen LogP contribution >= 0.6 is 0 Å². The van der Waals surface area contributed by atoms with E-state index >= 15 is 0 Å².